The van der Waals surface area contributed by atoms with Crippen molar-refractivity contribution < 1.29 is 28.7 Å². The molecule has 0 aromatic carbocycles. The summed E-state index contributed by atoms with van der Waals surface area (Å²) >= 11 is 0. The smallest absolute Gasteiger partial charge is 0.324 e. The molecule has 0 saturated carbocycles. The first-order valence-corrected chi connectivity index (χ1v) is 11.7. The standard InChI is InChI=1S/C12H28N4O6P2/c17-23(18,19)10-15-4-2-12-1-3-14(5-6-15)7-8-16(13-9-12)11-24(20,21)22/h12-13H,1-11H2,(H2,17,18,19)(H2,20,21,22). The van der Waals surface area contributed by atoms with E-state index < -0.39 is 15.2 Å². The predicted octanol–water partition coefficient (Wildman–Crippen LogP) is -0.909. The topological polar surface area (TPSA) is 137 Å². The minimum absolute atomic E-state index is 0.217. The van der Waals surface area contributed by atoms with Gasteiger partial charge in [0.25, 0.3) is 0 Å². The van der Waals surface area contributed by atoms with E-state index in [1.165, 1.54) is 0 Å². The van der Waals surface area contributed by atoms with Crippen molar-refractivity contribution in [2.45, 2.75) is 12.8 Å². The van der Waals surface area contributed by atoms with Gasteiger partial charge in [-0.3, -0.25) is 19.5 Å². The molecular weight excluding hydrogens is 358 g/mol. The van der Waals surface area contributed by atoms with Gasteiger partial charge in [0.2, 0.25) is 0 Å². The monoisotopic (exact) mass is 386 g/mol. The van der Waals surface area contributed by atoms with Crippen molar-refractivity contribution in [2.24, 2.45) is 5.92 Å². The Kier molecular flexibility index (Phi) is 7.40. The highest BCUT2D eigenvalue weighted by atomic mass is 31.2. The number of nitrogens with one attached hydrogen (secondary N) is 1. The Morgan fingerprint density at radius 1 is 0.833 bits per heavy atom. The van der Waals surface area contributed by atoms with Gasteiger partial charge in [-0.25, -0.2) is 5.01 Å². The van der Waals surface area contributed by atoms with Crippen LogP contribution in [0.2, 0.25) is 0 Å². The van der Waals surface area contributed by atoms with Crippen LogP contribution in [0.3, 0.4) is 0 Å². The Labute approximate surface area is 142 Å². The van der Waals surface area contributed by atoms with Gasteiger partial charge in [0.1, 0.15) is 12.6 Å². The number of nitrogens with zero attached hydrogens (tertiary/aromatic N) is 3. The van der Waals surface area contributed by atoms with Gasteiger partial charge in [0.15, 0.2) is 0 Å². The summed E-state index contributed by atoms with van der Waals surface area (Å²) in [5, 5.41) is 1.60. The van der Waals surface area contributed by atoms with Crippen LogP contribution in [-0.2, 0) is 9.13 Å². The van der Waals surface area contributed by atoms with Crippen LogP contribution in [0.5, 0.6) is 0 Å². The predicted molar refractivity (Wildman–Crippen MR) is 89.3 cm³/mol. The third kappa shape index (κ3) is 8.01. The zero-order chi connectivity index (χ0) is 17.8. The molecule has 2 unspecified atom stereocenters. The maximum atomic E-state index is 11.3. The molecule has 2 aliphatic rings. The molecule has 5 N–H and O–H groups in total. The number of hydrazine groups is 1. The highest BCUT2D eigenvalue weighted by Crippen LogP contribution is 2.36. The van der Waals surface area contributed by atoms with E-state index >= 15 is 0 Å². The van der Waals surface area contributed by atoms with E-state index in [1.807, 2.05) is 4.90 Å². The molecule has 0 aromatic heterocycles. The van der Waals surface area contributed by atoms with Crippen LogP contribution in [0, 0.1) is 5.92 Å². The van der Waals surface area contributed by atoms with Crippen LogP contribution in [0.4, 0.5) is 0 Å². The van der Waals surface area contributed by atoms with Crippen LogP contribution in [0.25, 0.3) is 0 Å². The summed E-state index contributed by atoms with van der Waals surface area (Å²) in [5.74, 6) is 0.294. The Morgan fingerprint density at radius 2 is 1.46 bits per heavy atom. The van der Waals surface area contributed by atoms with E-state index in [1.54, 1.807) is 5.01 Å². The van der Waals surface area contributed by atoms with E-state index in [9.17, 15) is 28.7 Å². The summed E-state index contributed by atoms with van der Waals surface area (Å²) in [6, 6.07) is 0. The van der Waals surface area contributed by atoms with Crippen molar-refractivity contribution in [1.82, 2.24) is 20.2 Å². The normalized spacial score (nSPS) is 29.2. The zero-order valence-corrected chi connectivity index (χ0v) is 15.5. The molecule has 2 heterocycles. The Balaban J connectivity index is 2.01. The highest BCUT2D eigenvalue weighted by Gasteiger charge is 2.26. The highest BCUT2D eigenvalue weighted by molar-refractivity contribution is 7.51. The molecule has 2 bridgehead atoms. The molecule has 10 nitrogen and oxygen atoms in total. The van der Waals surface area contributed by atoms with Gasteiger partial charge in [0, 0.05) is 32.7 Å². The van der Waals surface area contributed by atoms with Crippen molar-refractivity contribution in [1.29, 1.82) is 0 Å². The second-order valence-corrected chi connectivity index (χ2v) is 9.87. The maximum Gasteiger partial charge on any atom is 0.340 e. The Hall–Kier alpha value is 0.140. The first kappa shape index (κ1) is 20.5. The fraction of sp³-hybridized carbons (Fsp3) is 1.00. The lowest BCUT2D eigenvalue weighted by molar-refractivity contribution is 0.156. The average molecular weight is 386 g/mol. The van der Waals surface area contributed by atoms with Crippen molar-refractivity contribution in [3.05, 3.63) is 0 Å². The second-order valence-electron chi connectivity index (χ2n) is 6.64. The molecule has 142 valence electrons. The number of hydrogen-bond donors (Lipinski definition) is 5. The second kappa shape index (κ2) is 8.68. The lowest BCUT2D eigenvalue weighted by atomic mass is 10.0. The largest absolute Gasteiger partial charge is 0.340 e. The van der Waals surface area contributed by atoms with E-state index in [0.717, 1.165) is 19.4 Å². The number of hydrogen-bond acceptors (Lipinski definition) is 6. The third-order valence-electron chi connectivity index (χ3n) is 4.47. The lowest BCUT2D eigenvalue weighted by Gasteiger charge is -2.29. The van der Waals surface area contributed by atoms with Gasteiger partial charge in [-0.2, -0.15) is 0 Å². The molecule has 12 heteroatoms. The summed E-state index contributed by atoms with van der Waals surface area (Å²) < 4.78 is 22.5. The van der Waals surface area contributed by atoms with E-state index in [2.05, 4.69) is 10.3 Å². The molecule has 2 saturated heterocycles. The van der Waals surface area contributed by atoms with E-state index in [0.29, 0.717) is 45.2 Å². The molecular formula is C12H28N4O6P2. The zero-order valence-electron chi connectivity index (χ0n) is 13.7. The summed E-state index contributed by atoms with van der Waals surface area (Å²) in [6.45, 7) is 4.54. The lowest BCUT2D eigenvalue weighted by Crippen LogP contribution is -2.45. The van der Waals surface area contributed by atoms with Crippen molar-refractivity contribution in [2.75, 3.05) is 58.4 Å². The average Bonchev–Trinajstić information content (AvgIpc) is 2.56. The molecule has 2 aliphatic heterocycles. The quantitative estimate of drug-likeness (QED) is 0.386. The number of rotatable bonds is 4. The van der Waals surface area contributed by atoms with Crippen LogP contribution in [0.15, 0.2) is 0 Å². The Morgan fingerprint density at radius 3 is 2.12 bits per heavy atom. The van der Waals surface area contributed by atoms with Crippen LogP contribution < -0.4 is 5.43 Å². The molecule has 24 heavy (non-hydrogen) atoms. The van der Waals surface area contributed by atoms with Gasteiger partial charge in [0.05, 0.1) is 0 Å². The van der Waals surface area contributed by atoms with Crippen LogP contribution in [0.1, 0.15) is 12.8 Å². The van der Waals surface area contributed by atoms with E-state index in [-0.39, 0.29) is 12.6 Å². The molecule has 2 atom stereocenters. The summed E-state index contributed by atoms with van der Waals surface area (Å²) in [5.41, 5.74) is 3.13. The molecule has 0 spiro atoms. The molecule has 0 amide bonds. The van der Waals surface area contributed by atoms with Crippen LogP contribution >= 0.6 is 15.2 Å². The van der Waals surface area contributed by atoms with Crippen LogP contribution in [-0.4, -0.2) is 92.8 Å². The van der Waals surface area contributed by atoms with Gasteiger partial charge in [-0.1, -0.05) is 0 Å². The van der Waals surface area contributed by atoms with Crippen molar-refractivity contribution in [3.8, 4) is 0 Å². The molecule has 2 fully saturated rings. The van der Waals surface area contributed by atoms with Gasteiger partial charge in [-0.15, -0.1) is 0 Å². The van der Waals surface area contributed by atoms with Crippen molar-refractivity contribution >= 4 is 15.2 Å². The first-order chi connectivity index (χ1) is 11.1. The third-order valence-corrected chi connectivity index (χ3v) is 5.95. The fourth-order valence-electron chi connectivity index (χ4n) is 3.15. The molecule has 0 aromatic rings. The first-order valence-electron chi connectivity index (χ1n) is 8.13. The maximum absolute atomic E-state index is 11.3. The summed E-state index contributed by atoms with van der Waals surface area (Å²) in [4.78, 5) is 40.8. The minimum atomic E-state index is -4.11. The summed E-state index contributed by atoms with van der Waals surface area (Å²) in [6.07, 6.45) is 1.23. The molecule has 0 radical (unpaired) electrons. The fourth-order valence-corrected chi connectivity index (χ4v) is 4.64. The van der Waals surface area contributed by atoms with E-state index in [4.69, 9.17) is 0 Å². The number of fused-ring (bicyclic) bond motifs is 3. The SMILES string of the molecule is O=P(O)(O)CN1CCC2CCN(CC1)CCN(CP(=O)(O)O)NC2. The van der Waals surface area contributed by atoms with Gasteiger partial charge < -0.3 is 24.5 Å². The Bertz CT molecular complexity index is 438. The summed E-state index contributed by atoms with van der Waals surface area (Å²) in [7, 11) is -8.18. The van der Waals surface area contributed by atoms with Gasteiger partial charge >= 0.3 is 15.2 Å². The van der Waals surface area contributed by atoms with Crippen molar-refractivity contribution in [3.63, 3.8) is 0 Å². The minimum Gasteiger partial charge on any atom is -0.324 e. The van der Waals surface area contributed by atoms with Gasteiger partial charge in [-0.05, 0) is 31.8 Å². The molecule has 2 rings (SSSR count). The molecule has 0 aliphatic carbocycles.